The summed E-state index contributed by atoms with van der Waals surface area (Å²) in [6.45, 7) is 9.60. The molecule has 1 aliphatic rings. The van der Waals surface area contributed by atoms with Crippen LogP contribution in [0.25, 0.3) is 22.2 Å². The number of aromatic nitrogens is 1. The summed E-state index contributed by atoms with van der Waals surface area (Å²) in [4.78, 5) is 11.9. The van der Waals surface area contributed by atoms with Crippen molar-refractivity contribution in [2.75, 3.05) is 11.9 Å². The molecule has 3 aromatic rings. The number of nitrogens with zero attached hydrogens (tertiary/aromatic N) is 1. The first kappa shape index (κ1) is 21.3. The monoisotopic (exact) mass is 420 g/mol. The van der Waals surface area contributed by atoms with Gasteiger partial charge in [0.25, 0.3) is 0 Å². The molecular formula is C26H32N2O3. The standard InChI is InChI=1S/C26H32N2O3/c1-5-22-23-14-13-21(30-6-2)15-24(23)28(16-18-7-8-18)25(22)19-9-11-20(12-10-19)27-26(29)31-17(3)4/h9-15,17-18H,5-8,16H2,1-4H3,(H,27,29). The van der Waals surface area contributed by atoms with Gasteiger partial charge in [0.1, 0.15) is 5.75 Å². The Morgan fingerprint density at radius 2 is 1.87 bits per heavy atom. The third kappa shape index (κ3) is 4.71. The molecule has 0 radical (unpaired) electrons. The Labute approximate surface area is 184 Å². The summed E-state index contributed by atoms with van der Waals surface area (Å²) in [7, 11) is 0. The lowest BCUT2D eigenvalue weighted by Gasteiger charge is -2.14. The topological polar surface area (TPSA) is 52.5 Å². The highest BCUT2D eigenvalue weighted by Gasteiger charge is 2.26. The number of rotatable bonds is 8. The Morgan fingerprint density at radius 3 is 2.48 bits per heavy atom. The summed E-state index contributed by atoms with van der Waals surface area (Å²) >= 11 is 0. The fourth-order valence-corrected chi connectivity index (χ4v) is 4.17. The number of carbonyl (C=O) groups excluding carboxylic acids is 1. The van der Waals surface area contributed by atoms with Crippen molar-refractivity contribution in [3.8, 4) is 17.0 Å². The van der Waals surface area contributed by atoms with Crippen LogP contribution in [0.15, 0.2) is 42.5 Å². The highest BCUT2D eigenvalue weighted by atomic mass is 16.6. The molecule has 0 atom stereocenters. The van der Waals surface area contributed by atoms with Crippen LogP contribution in [0.4, 0.5) is 10.5 Å². The summed E-state index contributed by atoms with van der Waals surface area (Å²) in [5, 5.41) is 4.10. The van der Waals surface area contributed by atoms with Gasteiger partial charge in [0.05, 0.1) is 23.9 Å². The Kier molecular flexibility index (Phi) is 6.21. The van der Waals surface area contributed by atoms with Crippen molar-refractivity contribution in [1.29, 1.82) is 0 Å². The van der Waals surface area contributed by atoms with Crippen molar-refractivity contribution in [1.82, 2.24) is 4.57 Å². The normalized spacial score (nSPS) is 13.6. The predicted octanol–water partition coefficient (Wildman–Crippen LogP) is 6.64. The maximum atomic E-state index is 11.9. The van der Waals surface area contributed by atoms with Gasteiger partial charge in [0.2, 0.25) is 0 Å². The molecule has 164 valence electrons. The smallest absolute Gasteiger partial charge is 0.411 e. The highest BCUT2D eigenvalue weighted by Crippen LogP contribution is 2.40. The molecule has 31 heavy (non-hydrogen) atoms. The van der Waals surface area contributed by atoms with Gasteiger partial charge in [-0.05, 0) is 81.3 Å². The van der Waals surface area contributed by atoms with Crippen LogP contribution in [0.2, 0.25) is 0 Å². The largest absolute Gasteiger partial charge is 0.494 e. The average Bonchev–Trinajstić information content (AvgIpc) is 3.50. The number of hydrogen-bond acceptors (Lipinski definition) is 3. The number of anilines is 1. The third-order valence-electron chi connectivity index (χ3n) is 5.69. The molecule has 0 bridgehead atoms. The number of nitrogens with one attached hydrogen (secondary N) is 1. The Bertz CT molecular complexity index is 1060. The van der Waals surface area contributed by atoms with E-state index in [9.17, 15) is 4.79 Å². The molecule has 0 aliphatic heterocycles. The fraction of sp³-hybridized carbons (Fsp3) is 0.423. The van der Waals surface area contributed by atoms with Gasteiger partial charge >= 0.3 is 6.09 Å². The zero-order valence-electron chi connectivity index (χ0n) is 18.9. The minimum atomic E-state index is -0.428. The zero-order chi connectivity index (χ0) is 22.0. The lowest BCUT2D eigenvalue weighted by molar-refractivity contribution is 0.130. The molecule has 0 spiro atoms. The average molecular weight is 421 g/mol. The number of aryl methyl sites for hydroxylation is 1. The third-order valence-corrected chi connectivity index (χ3v) is 5.69. The van der Waals surface area contributed by atoms with E-state index in [-0.39, 0.29) is 6.10 Å². The van der Waals surface area contributed by atoms with Crippen LogP contribution < -0.4 is 10.1 Å². The molecule has 1 N–H and O–H groups in total. The Morgan fingerprint density at radius 1 is 1.13 bits per heavy atom. The maximum absolute atomic E-state index is 11.9. The molecule has 1 aliphatic carbocycles. The molecule has 5 nitrogen and oxygen atoms in total. The number of ether oxygens (including phenoxy) is 2. The van der Waals surface area contributed by atoms with E-state index in [1.807, 2.05) is 32.9 Å². The second-order valence-corrected chi connectivity index (χ2v) is 8.50. The van der Waals surface area contributed by atoms with Crippen LogP contribution in [0.3, 0.4) is 0 Å². The molecule has 1 aromatic heterocycles. The minimum absolute atomic E-state index is 0.147. The summed E-state index contributed by atoms with van der Waals surface area (Å²) in [6, 6.07) is 14.5. The van der Waals surface area contributed by atoms with Gasteiger partial charge in [-0.25, -0.2) is 4.79 Å². The number of amides is 1. The SMILES string of the molecule is CCOc1ccc2c(CC)c(-c3ccc(NC(=O)OC(C)C)cc3)n(CC3CC3)c2c1. The molecular weight excluding hydrogens is 388 g/mol. The Balaban J connectivity index is 1.74. The molecule has 4 rings (SSSR count). The van der Waals surface area contributed by atoms with Crippen LogP contribution in [-0.4, -0.2) is 23.4 Å². The lowest BCUT2D eigenvalue weighted by atomic mass is 10.0. The highest BCUT2D eigenvalue weighted by molar-refractivity contribution is 5.93. The van der Waals surface area contributed by atoms with E-state index < -0.39 is 6.09 Å². The van der Waals surface area contributed by atoms with Crippen molar-refractivity contribution in [3.63, 3.8) is 0 Å². The van der Waals surface area contributed by atoms with E-state index in [0.29, 0.717) is 6.61 Å². The van der Waals surface area contributed by atoms with E-state index in [2.05, 4.69) is 47.1 Å². The molecule has 2 aromatic carbocycles. The van der Waals surface area contributed by atoms with Crippen molar-refractivity contribution in [3.05, 3.63) is 48.0 Å². The van der Waals surface area contributed by atoms with Crippen LogP contribution in [0.5, 0.6) is 5.75 Å². The fourth-order valence-electron chi connectivity index (χ4n) is 4.17. The first-order valence-corrected chi connectivity index (χ1v) is 11.4. The zero-order valence-corrected chi connectivity index (χ0v) is 18.9. The molecule has 1 fully saturated rings. The first-order valence-electron chi connectivity index (χ1n) is 11.4. The van der Waals surface area contributed by atoms with Crippen LogP contribution in [0, 0.1) is 5.92 Å². The van der Waals surface area contributed by atoms with Gasteiger partial charge in [0.15, 0.2) is 0 Å². The summed E-state index contributed by atoms with van der Waals surface area (Å²) < 4.78 is 13.4. The second kappa shape index (κ2) is 9.04. The maximum Gasteiger partial charge on any atom is 0.411 e. The van der Waals surface area contributed by atoms with E-state index in [1.165, 1.54) is 35.0 Å². The van der Waals surface area contributed by atoms with Gasteiger partial charge in [0, 0.05) is 23.7 Å². The summed E-state index contributed by atoms with van der Waals surface area (Å²) in [5.41, 5.74) is 5.77. The number of benzene rings is 2. The summed E-state index contributed by atoms with van der Waals surface area (Å²) in [6.07, 6.45) is 2.98. The molecule has 5 heteroatoms. The molecule has 1 saturated carbocycles. The second-order valence-electron chi connectivity index (χ2n) is 8.50. The lowest BCUT2D eigenvalue weighted by Crippen LogP contribution is -2.17. The van der Waals surface area contributed by atoms with Crippen molar-refractivity contribution in [2.24, 2.45) is 5.92 Å². The van der Waals surface area contributed by atoms with Gasteiger partial charge in [-0.3, -0.25) is 5.32 Å². The van der Waals surface area contributed by atoms with Crippen molar-refractivity contribution < 1.29 is 14.3 Å². The minimum Gasteiger partial charge on any atom is -0.494 e. The van der Waals surface area contributed by atoms with E-state index in [1.54, 1.807) is 0 Å². The first-order chi connectivity index (χ1) is 15.0. The van der Waals surface area contributed by atoms with Gasteiger partial charge in [-0.1, -0.05) is 19.1 Å². The number of hydrogen-bond donors (Lipinski definition) is 1. The number of carbonyl (C=O) groups is 1. The van der Waals surface area contributed by atoms with Gasteiger partial charge < -0.3 is 14.0 Å². The molecule has 0 unspecified atom stereocenters. The Hall–Kier alpha value is -2.95. The van der Waals surface area contributed by atoms with Crippen LogP contribution in [0.1, 0.15) is 46.1 Å². The quantitative estimate of drug-likeness (QED) is 0.445. The van der Waals surface area contributed by atoms with Gasteiger partial charge in [-0.2, -0.15) is 0 Å². The predicted molar refractivity (Wildman–Crippen MR) is 126 cm³/mol. The molecule has 1 heterocycles. The van der Waals surface area contributed by atoms with E-state index >= 15 is 0 Å². The van der Waals surface area contributed by atoms with Crippen molar-refractivity contribution in [2.45, 2.75) is 59.6 Å². The van der Waals surface area contributed by atoms with Crippen LogP contribution >= 0.6 is 0 Å². The van der Waals surface area contributed by atoms with Crippen molar-refractivity contribution >= 4 is 22.7 Å². The summed E-state index contributed by atoms with van der Waals surface area (Å²) in [5.74, 6) is 1.67. The van der Waals surface area contributed by atoms with E-state index in [4.69, 9.17) is 9.47 Å². The number of fused-ring (bicyclic) bond motifs is 1. The molecule has 0 saturated heterocycles. The molecule has 1 amide bonds. The van der Waals surface area contributed by atoms with Gasteiger partial charge in [-0.15, -0.1) is 0 Å². The van der Waals surface area contributed by atoms with E-state index in [0.717, 1.165) is 35.9 Å². The van der Waals surface area contributed by atoms with Crippen LogP contribution in [-0.2, 0) is 17.7 Å².